The van der Waals surface area contributed by atoms with Crippen LogP contribution >= 0.6 is 0 Å². The molecule has 24 heavy (non-hydrogen) atoms. The van der Waals surface area contributed by atoms with Gasteiger partial charge in [0.2, 0.25) is 0 Å². The molecule has 2 rings (SSSR count). The molecule has 1 aliphatic heterocycles. The second-order valence-electron chi connectivity index (χ2n) is 5.78. The molecule has 0 aliphatic carbocycles. The molecule has 0 spiro atoms. The highest BCUT2D eigenvalue weighted by molar-refractivity contribution is 5.65. The Morgan fingerprint density at radius 1 is 1.33 bits per heavy atom. The van der Waals surface area contributed by atoms with E-state index >= 15 is 0 Å². The van der Waals surface area contributed by atoms with Gasteiger partial charge in [0.25, 0.3) is 5.69 Å². The third kappa shape index (κ3) is 4.14. The average molecular weight is 342 g/mol. The van der Waals surface area contributed by atoms with E-state index in [1.807, 2.05) is 6.92 Å². The molecule has 1 aromatic rings. The van der Waals surface area contributed by atoms with E-state index in [1.54, 1.807) is 4.90 Å². The summed E-state index contributed by atoms with van der Waals surface area (Å²) in [6.45, 7) is 4.55. The minimum atomic E-state index is -4.62. The molecule has 0 amide bonds. The number of hydrogen-bond acceptors (Lipinski definition) is 5. The number of piperazine rings is 1. The summed E-state index contributed by atoms with van der Waals surface area (Å²) in [7, 11) is 0. The number of benzene rings is 1. The summed E-state index contributed by atoms with van der Waals surface area (Å²) in [5.74, 6) is -0.114. The van der Waals surface area contributed by atoms with Gasteiger partial charge in [0.15, 0.2) is 0 Å². The van der Waals surface area contributed by atoms with Crippen molar-refractivity contribution in [1.29, 1.82) is 5.26 Å². The number of anilines is 1. The molecule has 0 saturated carbocycles. The van der Waals surface area contributed by atoms with E-state index in [0.29, 0.717) is 38.8 Å². The Balaban J connectivity index is 2.16. The predicted molar refractivity (Wildman–Crippen MR) is 81.5 cm³/mol. The largest absolute Gasteiger partial charge is 0.416 e. The summed E-state index contributed by atoms with van der Waals surface area (Å²) < 4.78 is 38.2. The first-order chi connectivity index (χ1) is 11.2. The fourth-order valence-electron chi connectivity index (χ4n) is 2.71. The van der Waals surface area contributed by atoms with E-state index in [0.717, 1.165) is 12.1 Å². The van der Waals surface area contributed by atoms with Gasteiger partial charge >= 0.3 is 6.18 Å². The molecular formula is C15H17F3N4O2. The third-order valence-electron chi connectivity index (χ3n) is 3.96. The number of hydrogen-bond donors (Lipinski definition) is 0. The number of nitrogens with zero attached hydrogens (tertiary/aromatic N) is 4. The third-order valence-corrected chi connectivity index (χ3v) is 3.96. The number of alkyl halides is 3. The second-order valence-corrected chi connectivity index (χ2v) is 5.78. The van der Waals surface area contributed by atoms with Crippen molar-refractivity contribution in [3.05, 3.63) is 33.9 Å². The minimum Gasteiger partial charge on any atom is -0.363 e. The highest BCUT2D eigenvalue weighted by Crippen LogP contribution is 2.36. The summed E-state index contributed by atoms with van der Waals surface area (Å²) in [4.78, 5) is 14.2. The Morgan fingerprint density at radius 2 is 1.96 bits per heavy atom. The fourth-order valence-corrected chi connectivity index (χ4v) is 2.71. The van der Waals surface area contributed by atoms with Crippen molar-refractivity contribution in [1.82, 2.24) is 4.90 Å². The van der Waals surface area contributed by atoms with Crippen molar-refractivity contribution in [2.75, 3.05) is 37.6 Å². The molecule has 1 heterocycles. The minimum absolute atomic E-state index is 0.114. The summed E-state index contributed by atoms with van der Waals surface area (Å²) >= 11 is 0. The molecule has 1 fully saturated rings. The normalized spacial score (nSPS) is 17.4. The van der Waals surface area contributed by atoms with Gasteiger partial charge in [0, 0.05) is 38.8 Å². The second kappa shape index (κ2) is 7.05. The summed E-state index contributed by atoms with van der Waals surface area (Å²) in [5, 5.41) is 20.0. The molecule has 0 aromatic heterocycles. The van der Waals surface area contributed by atoms with E-state index in [2.05, 4.69) is 11.0 Å². The molecule has 1 atom stereocenters. The van der Waals surface area contributed by atoms with Crippen LogP contribution in [0.25, 0.3) is 0 Å². The smallest absolute Gasteiger partial charge is 0.363 e. The van der Waals surface area contributed by atoms with Crippen molar-refractivity contribution in [2.45, 2.75) is 13.1 Å². The van der Waals surface area contributed by atoms with Crippen molar-refractivity contribution in [3.8, 4) is 6.07 Å². The molecule has 1 aliphatic rings. The number of rotatable bonds is 4. The first kappa shape index (κ1) is 18.0. The number of nitro groups is 1. The van der Waals surface area contributed by atoms with Crippen LogP contribution in [0.3, 0.4) is 0 Å². The van der Waals surface area contributed by atoms with Crippen LogP contribution < -0.4 is 4.90 Å². The van der Waals surface area contributed by atoms with Gasteiger partial charge < -0.3 is 4.90 Å². The van der Waals surface area contributed by atoms with Crippen LogP contribution in [-0.2, 0) is 6.18 Å². The van der Waals surface area contributed by atoms with Gasteiger partial charge in [0.1, 0.15) is 5.69 Å². The van der Waals surface area contributed by atoms with E-state index in [1.165, 1.54) is 0 Å². The molecule has 0 unspecified atom stereocenters. The SMILES string of the molecule is C[C@H](C#N)CN1CCN(c2ccc(C(F)(F)F)cc2[N+](=O)[O-])CC1. The first-order valence-corrected chi connectivity index (χ1v) is 7.45. The molecule has 9 heteroatoms. The van der Waals surface area contributed by atoms with Crippen LogP contribution in [0.1, 0.15) is 12.5 Å². The summed E-state index contributed by atoms with van der Waals surface area (Å²) in [6.07, 6.45) is -4.62. The summed E-state index contributed by atoms with van der Waals surface area (Å²) in [5.41, 5.74) is -1.37. The van der Waals surface area contributed by atoms with Crippen molar-refractivity contribution >= 4 is 11.4 Å². The van der Waals surface area contributed by atoms with Crippen LogP contribution in [0.15, 0.2) is 18.2 Å². The zero-order valence-corrected chi connectivity index (χ0v) is 13.1. The fraction of sp³-hybridized carbons (Fsp3) is 0.533. The lowest BCUT2D eigenvalue weighted by Gasteiger charge is -2.36. The molecule has 1 aromatic carbocycles. The van der Waals surface area contributed by atoms with Gasteiger partial charge in [-0.15, -0.1) is 0 Å². The van der Waals surface area contributed by atoms with Crippen LogP contribution in [-0.4, -0.2) is 42.5 Å². The molecule has 130 valence electrons. The monoisotopic (exact) mass is 342 g/mol. The standard InChI is InChI=1S/C15H17F3N4O2/c1-11(9-19)10-20-4-6-21(7-5-20)13-3-2-12(15(16,17)18)8-14(13)22(23)24/h2-3,8,11H,4-7,10H2,1H3/t11-/m1/s1. The lowest BCUT2D eigenvalue weighted by atomic mass is 10.1. The van der Waals surface area contributed by atoms with Crippen molar-refractivity contribution in [3.63, 3.8) is 0 Å². The predicted octanol–water partition coefficient (Wildman–Crippen LogP) is 2.90. The van der Waals surface area contributed by atoms with Gasteiger partial charge in [-0.05, 0) is 19.1 Å². The lowest BCUT2D eigenvalue weighted by molar-refractivity contribution is -0.384. The van der Waals surface area contributed by atoms with Crippen LogP contribution in [0.4, 0.5) is 24.5 Å². The highest BCUT2D eigenvalue weighted by Gasteiger charge is 2.34. The Morgan fingerprint density at radius 3 is 2.46 bits per heavy atom. The highest BCUT2D eigenvalue weighted by atomic mass is 19.4. The number of halogens is 3. The summed E-state index contributed by atoms with van der Waals surface area (Å²) in [6, 6.07) is 4.76. The van der Waals surface area contributed by atoms with Gasteiger partial charge in [-0.2, -0.15) is 18.4 Å². The maximum absolute atomic E-state index is 12.7. The van der Waals surface area contributed by atoms with Gasteiger partial charge in [-0.1, -0.05) is 0 Å². The maximum Gasteiger partial charge on any atom is 0.416 e. The van der Waals surface area contributed by atoms with Gasteiger partial charge in [-0.25, -0.2) is 0 Å². The number of nitro benzene ring substituents is 1. The first-order valence-electron chi connectivity index (χ1n) is 7.45. The molecule has 0 N–H and O–H groups in total. The van der Waals surface area contributed by atoms with Gasteiger partial charge in [0.05, 0.1) is 22.5 Å². The number of nitriles is 1. The van der Waals surface area contributed by atoms with E-state index in [-0.39, 0.29) is 11.6 Å². The Bertz CT molecular complexity index is 649. The zero-order chi connectivity index (χ0) is 17.9. The lowest BCUT2D eigenvalue weighted by Crippen LogP contribution is -2.47. The van der Waals surface area contributed by atoms with Crippen molar-refractivity contribution in [2.24, 2.45) is 5.92 Å². The van der Waals surface area contributed by atoms with E-state index in [4.69, 9.17) is 5.26 Å². The Hall–Kier alpha value is -2.34. The Kier molecular flexibility index (Phi) is 5.29. The average Bonchev–Trinajstić information content (AvgIpc) is 2.54. The van der Waals surface area contributed by atoms with Gasteiger partial charge in [-0.3, -0.25) is 15.0 Å². The van der Waals surface area contributed by atoms with Crippen LogP contribution in [0, 0.1) is 27.4 Å². The maximum atomic E-state index is 12.7. The molecule has 0 bridgehead atoms. The van der Waals surface area contributed by atoms with Crippen LogP contribution in [0.5, 0.6) is 0 Å². The molecule has 0 radical (unpaired) electrons. The van der Waals surface area contributed by atoms with E-state index < -0.39 is 22.4 Å². The Labute approximate surface area is 137 Å². The zero-order valence-electron chi connectivity index (χ0n) is 13.1. The van der Waals surface area contributed by atoms with Crippen LogP contribution in [0.2, 0.25) is 0 Å². The van der Waals surface area contributed by atoms with Crippen molar-refractivity contribution < 1.29 is 18.1 Å². The topological polar surface area (TPSA) is 73.4 Å². The molecule has 1 saturated heterocycles. The molecule has 6 nitrogen and oxygen atoms in total. The van der Waals surface area contributed by atoms with E-state index in [9.17, 15) is 23.3 Å². The molecular weight excluding hydrogens is 325 g/mol. The quantitative estimate of drug-likeness (QED) is 0.621.